The lowest BCUT2D eigenvalue weighted by molar-refractivity contribution is -0.161. The van der Waals surface area contributed by atoms with Crippen LogP contribution in [0.25, 0.3) is 0 Å². The monoisotopic (exact) mass is 1470 g/mol. The molecule has 19 heteroatoms. The molecule has 0 aromatic carbocycles. The van der Waals surface area contributed by atoms with Gasteiger partial charge in [-0.2, -0.15) is 0 Å². The number of ether oxygens (including phenoxy) is 4. The molecule has 0 aliphatic rings. The molecule has 0 aliphatic heterocycles. The minimum absolute atomic E-state index is 0.0817. The van der Waals surface area contributed by atoms with Crippen molar-refractivity contribution in [3.05, 3.63) is 158 Å². The van der Waals surface area contributed by atoms with Crippen molar-refractivity contribution < 1.29 is 80.2 Å². The van der Waals surface area contributed by atoms with E-state index in [0.29, 0.717) is 25.7 Å². The Morgan fingerprint density at radius 3 is 0.892 bits per heavy atom. The first-order valence-corrected chi connectivity index (χ1v) is 41.7. The van der Waals surface area contributed by atoms with E-state index in [9.17, 15) is 43.2 Å². The quantitative estimate of drug-likeness (QED) is 0.0169. The third-order valence-corrected chi connectivity index (χ3v) is 17.4. The van der Waals surface area contributed by atoms with Crippen LogP contribution >= 0.6 is 15.6 Å². The van der Waals surface area contributed by atoms with Crippen molar-refractivity contribution in [2.24, 2.45) is 0 Å². The fourth-order valence-electron chi connectivity index (χ4n) is 9.75. The average Bonchev–Trinajstić information content (AvgIpc) is 0.907. The van der Waals surface area contributed by atoms with Gasteiger partial charge in [0.1, 0.15) is 19.3 Å². The van der Waals surface area contributed by atoms with Crippen LogP contribution in [0, 0.1) is 0 Å². The second kappa shape index (κ2) is 74.0. The van der Waals surface area contributed by atoms with E-state index in [-0.39, 0.29) is 25.7 Å². The molecule has 102 heavy (non-hydrogen) atoms. The summed E-state index contributed by atoms with van der Waals surface area (Å²) in [5.74, 6) is -2.39. The normalized spacial score (nSPS) is 14.8. The standard InChI is InChI=1S/C83H136O17P2/c1-5-9-13-17-21-25-29-33-36-37-38-39-42-45-48-52-56-60-64-68-81(86)94-74-79(100-83(88)70-66-62-58-54-50-46-41-35-31-27-23-19-15-11-7-3)76-98-102(91,92)96-72-77(84)71-95-101(89,90)97-75-78(99-82(87)69-65-61-57-53-49-43-32-28-24-20-16-12-8-4)73-93-80(85)67-63-59-55-51-47-44-40-34-30-26-22-18-14-10-6-2/h9-11,13-15,21-23,25-27,33-36,38-41,47,50-51,54,62,66,77-79,84H,5-8,12,16-20,24,28-32,37,42-46,48-49,52-53,55-61,63-65,67-76H2,1-4H3,(H,89,90)(H,91,92)/b13-9-,14-10-,15-11-,25-21-,26-22-,27-23-,36-33-,39-38-,40-34-,41-35-,51-47-,54-50-,66-62-. The number of carbonyl (C=O) groups is 4. The lowest BCUT2D eigenvalue weighted by atomic mass is 10.0. The van der Waals surface area contributed by atoms with Gasteiger partial charge in [0, 0.05) is 19.3 Å². The summed E-state index contributed by atoms with van der Waals surface area (Å²) in [7, 11) is -10.0. The van der Waals surface area contributed by atoms with Crippen molar-refractivity contribution in [3.63, 3.8) is 0 Å². The van der Waals surface area contributed by atoms with Crippen LogP contribution in [0.2, 0.25) is 0 Å². The third kappa shape index (κ3) is 73.0. The van der Waals surface area contributed by atoms with Gasteiger partial charge in [0.25, 0.3) is 0 Å². The molecule has 0 saturated carbocycles. The molecular weight excluding hydrogens is 1330 g/mol. The molecular formula is C83H136O17P2. The van der Waals surface area contributed by atoms with Crippen molar-refractivity contribution in [1.82, 2.24) is 0 Å². The molecule has 0 amide bonds. The van der Waals surface area contributed by atoms with Gasteiger partial charge in [-0.15, -0.1) is 0 Å². The molecule has 0 saturated heterocycles. The van der Waals surface area contributed by atoms with E-state index in [4.69, 9.17) is 37.0 Å². The van der Waals surface area contributed by atoms with Gasteiger partial charge in [0.2, 0.25) is 0 Å². The van der Waals surface area contributed by atoms with E-state index in [2.05, 4.69) is 161 Å². The number of rotatable bonds is 71. The van der Waals surface area contributed by atoms with Gasteiger partial charge in [0.15, 0.2) is 12.2 Å². The summed E-state index contributed by atoms with van der Waals surface area (Å²) in [6.45, 7) is 4.34. The number of phosphoric ester groups is 2. The number of allylic oxidation sites excluding steroid dienone is 25. The Hall–Kier alpha value is -5.32. The summed E-state index contributed by atoms with van der Waals surface area (Å²) in [4.78, 5) is 72.8. The molecule has 0 aromatic heterocycles. The van der Waals surface area contributed by atoms with Crippen LogP contribution in [0.3, 0.4) is 0 Å². The molecule has 0 fully saturated rings. The van der Waals surface area contributed by atoms with Crippen molar-refractivity contribution >= 4 is 39.5 Å². The zero-order chi connectivity index (χ0) is 74.6. The highest BCUT2D eigenvalue weighted by atomic mass is 31.2. The molecule has 5 unspecified atom stereocenters. The number of unbranched alkanes of at least 4 members (excludes halogenated alkanes) is 20. The molecule has 0 bridgehead atoms. The topological polar surface area (TPSA) is 237 Å². The van der Waals surface area contributed by atoms with Crippen LogP contribution in [-0.2, 0) is 65.4 Å². The highest BCUT2D eigenvalue weighted by Crippen LogP contribution is 2.45. The minimum atomic E-state index is -5.01. The molecule has 0 radical (unpaired) electrons. The van der Waals surface area contributed by atoms with Crippen LogP contribution < -0.4 is 0 Å². The van der Waals surface area contributed by atoms with Gasteiger partial charge in [-0.05, 0) is 128 Å². The lowest BCUT2D eigenvalue weighted by Gasteiger charge is -2.21. The Labute approximate surface area is 617 Å². The van der Waals surface area contributed by atoms with E-state index < -0.39 is 97.5 Å². The van der Waals surface area contributed by atoms with Crippen molar-refractivity contribution in [3.8, 4) is 0 Å². The van der Waals surface area contributed by atoms with E-state index in [1.165, 1.54) is 51.4 Å². The Morgan fingerprint density at radius 1 is 0.294 bits per heavy atom. The summed E-state index contributed by atoms with van der Waals surface area (Å²) in [5.41, 5.74) is 0. The summed E-state index contributed by atoms with van der Waals surface area (Å²) < 4.78 is 68.3. The molecule has 0 rings (SSSR count). The highest BCUT2D eigenvalue weighted by molar-refractivity contribution is 7.47. The predicted molar refractivity (Wildman–Crippen MR) is 417 cm³/mol. The second-order valence-electron chi connectivity index (χ2n) is 25.2. The minimum Gasteiger partial charge on any atom is -0.462 e. The molecule has 5 atom stereocenters. The van der Waals surface area contributed by atoms with Crippen molar-refractivity contribution in [2.75, 3.05) is 39.6 Å². The van der Waals surface area contributed by atoms with Crippen LogP contribution in [0.4, 0.5) is 0 Å². The first-order valence-electron chi connectivity index (χ1n) is 38.7. The maximum atomic E-state index is 13.1. The van der Waals surface area contributed by atoms with Gasteiger partial charge in [-0.3, -0.25) is 37.3 Å². The number of aliphatic hydroxyl groups excluding tert-OH is 1. The number of hydrogen-bond acceptors (Lipinski definition) is 15. The summed E-state index contributed by atoms with van der Waals surface area (Å²) in [5, 5.41) is 10.6. The maximum absolute atomic E-state index is 13.1. The van der Waals surface area contributed by atoms with Crippen LogP contribution in [-0.4, -0.2) is 96.7 Å². The van der Waals surface area contributed by atoms with E-state index in [1.807, 2.05) is 12.2 Å². The molecule has 17 nitrogen and oxygen atoms in total. The Bertz CT molecular complexity index is 2550. The first kappa shape index (κ1) is 96.7. The highest BCUT2D eigenvalue weighted by Gasteiger charge is 2.30. The molecule has 0 aliphatic carbocycles. The number of carbonyl (C=O) groups excluding carboxylic acids is 4. The maximum Gasteiger partial charge on any atom is 0.472 e. The fourth-order valence-corrected chi connectivity index (χ4v) is 11.3. The fraction of sp³-hybridized carbons (Fsp3) is 0.639. The molecule has 580 valence electrons. The number of esters is 4. The lowest BCUT2D eigenvalue weighted by Crippen LogP contribution is -2.30. The Morgan fingerprint density at radius 2 is 0.549 bits per heavy atom. The summed E-state index contributed by atoms with van der Waals surface area (Å²) >= 11 is 0. The second-order valence-corrected chi connectivity index (χ2v) is 28.1. The predicted octanol–water partition coefficient (Wildman–Crippen LogP) is 22.4. The van der Waals surface area contributed by atoms with Crippen molar-refractivity contribution in [2.45, 2.75) is 303 Å². The van der Waals surface area contributed by atoms with Gasteiger partial charge in [-0.1, -0.05) is 288 Å². The SMILES string of the molecule is CC/C=C\C/C=C\C/C=C\C/C=C\C/C=C\CC(=O)OC(COC(=O)CCCCCCCC/C=C\C/C=C\C/C=C\C/C=C\CC)COP(=O)(O)OCC(O)COP(=O)(O)OCC(COC(=O)CCCC/C=C\C/C=C\C/C=C\C/C=C\CC)OC(=O)CCCCCCCCCCCCCCC. The molecule has 0 aromatic rings. The summed E-state index contributed by atoms with van der Waals surface area (Å²) in [6.07, 6.45) is 85.5. The number of phosphoric acid groups is 2. The Kier molecular flexibility index (Phi) is 70.1. The van der Waals surface area contributed by atoms with Gasteiger partial charge in [-0.25, -0.2) is 9.13 Å². The van der Waals surface area contributed by atoms with E-state index in [1.54, 1.807) is 12.2 Å². The molecule has 0 spiro atoms. The average molecular weight is 1470 g/mol. The summed E-state index contributed by atoms with van der Waals surface area (Å²) in [6, 6.07) is 0. The third-order valence-electron chi connectivity index (χ3n) is 15.5. The van der Waals surface area contributed by atoms with Crippen LogP contribution in [0.5, 0.6) is 0 Å². The van der Waals surface area contributed by atoms with Gasteiger partial charge in [0.05, 0.1) is 32.8 Å². The smallest absolute Gasteiger partial charge is 0.462 e. The zero-order valence-electron chi connectivity index (χ0n) is 63.2. The molecule has 0 heterocycles. The number of aliphatic hydroxyl groups is 1. The largest absolute Gasteiger partial charge is 0.472 e. The first-order chi connectivity index (χ1) is 49.7. The van der Waals surface area contributed by atoms with E-state index in [0.717, 1.165) is 154 Å². The van der Waals surface area contributed by atoms with Crippen molar-refractivity contribution in [1.29, 1.82) is 0 Å². The number of hydrogen-bond donors (Lipinski definition) is 3. The van der Waals surface area contributed by atoms with Gasteiger partial charge < -0.3 is 33.8 Å². The van der Waals surface area contributed by atoms with E-state index >= 15 is 0 Å². The zero-order valence-corrected chi connectivity index (χ0v) is 65.0. The van der Waals surface area contributed by atoms with Gasteiger partial charge >= 0.3 is 39.5 Å². The Balaban J connectivity index is 5.46. The molecule has 3 N–H and O–H groups in total. The van der Waals surface area contributed by atoms with Crippen LogP contribution in [0.1, 0.15) is 285 Å². The van der Waals surface area contributed by atoms with Crippen LogP contribution in [0.15, 0.2) is 158 Å².